The first kappa shape index (κ1) is 15.5. The van der Waals surface area contributed by atoms with E-state index in [-0.39, 0.29) is 10.9 Å². The molecule has 110 valence electrons. The molecule has 0 aliphatic heterocycles. The Morgan fingerprint density at radius 1 is 1.24 bits per heavy atom. The van der Waals surface area contributed by atoms with E-state index < -0.39 is 0 Å². The van der Waals surface area contributed by atoms with Gasteiger partial charge in [0.2, 0.25) is 0 Å². The molecule has 6 heteroatoms. The number of benzene rings is 2. The number of nitrogen functional groups attached to an aromatic ring is 1. The van der Waals surface area contributed by atoms with Crippen LogP contribution in [0.4, 0.5) is 5.69 Å². The van der Waals surface area contributed by atoms with Crippen LogP contribution in [0.15, 0.2) is 36.4 Å². The molecule has 3 N–H and O–H groups in total. The van der Waals surface area contributed by atoms with E-state index in [1.54, 1.807) is 36.4 Å². The average Bonchev–Trinajstić information content (AvgIpc) is 2.44. The van der Waals surface area contributed by atoms with Crippen LogP contribution in [0.5, 0.6) is 11.5 Å². The minimum Gasteiger partial charge on any atom is -0.455 e. The standard InChI is InChI=1S/C15H14Cl2N2O2/c1-2-19-15(20)10-7-6-9(18)8-13(10)21-12-5-3-4-11(16)14(12)17/h3-8H,2,18H2,1H3,(H,19,20). The Morgan fingerprint density at radius 3 is 2.71 bits per heavy atom. The molecule has 0 radical (unpaired) electrons. The first-order valence-electron chi connectivity index (χ1n) is 6.32. The molecule has 2 aromatic carbocycles. The molecule has 0 heterocycles. The number of halogens is 2. The van der Waals surface area contributed by atoms with E-state index >= 15 is 0 Å². The molecule has 0 unspecified atom stereocenters. The lowest BCUT2D eigenvalue weighted by Gasteiger charge is -2.13. The van der Waals surface area contributed by atoms with Crippen LogP contribution in [0.3, 0.4) is 0 Å². The van der Waals surface area contributed by atoms with E-state index in [1.807, 2.05) is 6.92 Å². The second kappa shape index (κ2) is 6.70. The highest BCUT2D eigenvalue weighted by atomic mass is 35.5. The van der Waals surface area contributed by atoms with Gasteiger partial charge in [0, 0.05) is 18.3 Å². The maximum atomic E-state index is 12.0. The van der Waals surface area contributed by atoms with Crippen molar-refractivity contribution in [2.24, 2.45) is 0 Å². The zero-order valence-corrected chi connectivity index (χ0v) is 12.8. The van der Waals surface area contributed by atoms with Crippen molar-refractivity contribution in [2.75, 3.05) is 12.3 Å². The molecule has 0 spiro atoms. The molecule has 0 saturated heterocycles. The predicted molar refractivity (Wildman–Crippen MR) is 85.4 cm³/mol. The van der Waals surface area contributed by atoms with Gasteiger partial charge in [-0.1, -0.05) is 29.3 Å². The van der Waals surface area contributed by atoms with Crippen LogP contribution in [0.25, 0.3) is 0 Å². The number of rotatable bonds is 4. The lowest BCUT2D eigenvalue weighted by molar-refractivity contribution is 0.0953. The average molecular weight is 325 g/mol. The van der Waals surface area contributed by atoms with E-state index in [2.05, 4.69) is 5.32 Å². The lowest BCUT2D eigenvalue weighted by atomic mass is 10.1. The van der Waals surface area contributed by atoms with Crippen LogP contribution in [-0.4, -0.2) is 12.5 Å². The van der Waals surface area contributed by atoms with Crippen LogP contribution in [0.1, 0.15) is 17.3 Å². The summed E-state index contributed by atoms with van der Waals surface area (Å²) in [7, 11) is 0. The molecule has 2 rings (SSSR count). The Labute approximate surface area is 132 Å². The molecule has 0 aliphatic rings. The Kier molecular flexibility index (Phi) is 4.94. The maximum Gasteiger partial charge on any atom is 0.255 e. The number of anilines is 1. The number of carbonyl (C=O) groups excluding carboxylic acids is 1. The summed E-state index contributed by atoms with van der Waals surface area (Å²) in [6.45, 7) is 2.35. The summed E-state index contributed by atoms with van der Waals surface area (Å²) >= 11 is 12.0. The van der Waals surface area contributed by atoms with Crippen LogP contribution < -0.4 is 15.8 Å². The molecule has 0 fully saturated rings. The molecule has 0 atom stereocenters. The van der Waals surface area contributed by atoms with E-state index in [1.165, 1.54) is 0 Å². The van der Waals surface area contributed by atoms with Crippen molar-refractivity contribution in [3.63, 3.8) is 0 Å². The predicted octanol–water partition coefficient (Wildman–Crippen LogP) is 4.12. The quantitative estimate of drug-likeness (QED) is 0.831. The smallest absolute Gasteiger partial charge is 0.255 e. The lowest BCUT2D eigenvalue weighted by Crippen LogP contribution is -2.23. The van der Waals surface area contributed by atoms with Gasteiger partial charge in [-0.25, -0.2) is 0 Å². The second-order valence-electron chi connectivity index (χ2n) is 4.27. The van der Waals surface area contributed by atoms with E-state index in [0.717, 1.165) is 0 Å². The summed E-state index contributed by atoms with van der Waals surface area (Å²) in [6, 6.07) is 9.84. The largest absolute Gasteiger partial charge is 0.455 e. The van der Waals surface area contributed by atoms with Crippen molar-refractivity contribution in [1.29, 1.82) is 0 Å². The topological polar surface area (TPSA) is 64.4 Å². The summed E-state index contributed by atoms with van der Waals surface area (Å²) in [5, 5.41) is 3.37. The number of carbonyl (C=O) groups is 1. The highest BCUT2D eigenvalue weighted by Gasteiger charge is 2.15. The minimum absolute atomic E-state index is 0.245. The van der Waals surface area contributed by atoms with E-state index in [9.17, 15) is 4.79 Å². The van der Waals surface area contributed by atoms with Crippen molar-refractivity contribution in [3.8, 4) is 11.5 Å². The van der Waals surface area contributed by atoms with Crippen LogP contribution in [-0.2, 0) is 0 Å². The summed E-state index contributed by atoms with van der Waals surface area (Å²) in [5.74, 6) is 0.441. The molecule has 0 aliphatic carbocycles. The molecule has 0 saturated carbocycles. The molecule has 0 bridgehead atoms. The highest BCUT2D eigenvalue weighted by molar-refractivity contribution is 6.42. The fourth-order valence-corrected chi connectivity index (χ4v) is 2.08. The molecule has 2 aromatic rings. The first-order valence-corrected chi connectivity index (χ1v) is 7.08. The zero-order chi connectivity index (χ0) is 15.4. The Morgan fingerprint density at radius 2 is 2.00 bits per heavy atom. The third kappa shape index (κ3) is 3.60. The monoisotopic (exact) mass is 324 g/mol. The maximum absolute atomic E-state index is 12.0. The SMILES string of the molecule is CCNC(=O)c1ccc(N)cc1Oc1cccc(Cl)c1Cl. The molecule has 4 nitrogen and oxygen atoms in total. The number of amides is 1. The molecular formula is C15H14Cl2N2O2. The van der Waals surface area contributed by atoms with Crippen molar-refractivity contribution in [1.82, 2.24) is 5.32 Å². The fourth-order valence-electron chi connectivity index (χ4n) is 1.75. The summed E-state index contributed by atoms with van der Waals surface area (Å²) in [5.41, 5.74) is 6.61. The van der Waals surface area contributed by atoms with Gasteiger partial charge in [0.05, 0.1) is 10.6 Å². The summed E-state index contributed by atoms with van der Waals surface area (Å²) < 4.78 is 5.71. The molecular weight excluding hydrogens is 311 g/mol. The van der Waals surface area contributed by atoms with E-state index in [4.69, 9.17) is 33.7 Å². The van der Waals surface area contributed by atoms with Crippen molar-refractivity contribution < 1.29 is 9.53 Å². The number of nitrogens with one attached hydrogen (secondary N) is 1. The Hall–Kier alpha value is -1.91. The Bertz CT molecular complexity index is 675. The van der Waals surface area contributed by atoms with Crippen LogP contribution in [0.2, 0.25) is 10.0 Å². The van der Waals surface area contributed by atoms with Gasteiger partial charge < -0.3 is 15.8 Å². The first-order chi connectivity index (χ1) is 10.0. The number of hydrogen-bond donors (Lipinski definition) is 2. The zero-order valence-electron chi connectivity index (χ0n) is 11.3. The summed E-state index contributed by atoms with van der Waals surface area (Å²) in [6.07, 6.45) is 0. The fraction of sp³-hybridized carbons (Fsp3) is 0.133. The number of ether oxygens (including phenoxy) is 1. The van der Waals surface area contributed by atoms with Crippen molar-refractivity contribution >= 4 is 34.8 Å². The van der Waals surface area contributed by atoms with Gasteiger partial charge in [0.25, 0.3) is 5.91 Å². The van der Waals surface area contributed by atoms with Gasteiger partial charge >= 0.3 is 0 Å². The van der Waals surface area contributed by atoms with Crippen LogP contribution in [0, 0.1) is 0 Å². The molecule has 0 aromatic heterocycles. The minimum atomic E-state index is -0.245. The molecule has 21 heavy (non-hydrogen) atoms. The van der Waals surface area contributed by atoms with Crippen molar-refractivity contribution in [2.45, 2.75) is 6.92 Å². The molecule has 1 amide bonds. The summed E-state index contributed by atoms with van der Waals surface area (Å²) in [4.78, 5) is 12.0. The van der Waals surface area contributed by atoms with Crippen molar-refractivity contribution in [3.05, 3.63) is 52.0 Å². The number of nitrogens with two attached hydrogens (primary N) is 1. The number of hydrogen-bond acceptors (Lipinski definition) is 3. The van der Waals surface area contributed by atoms with Gasteiger partial charge in [-0.2, -0.15) is 0 Å². The van der Waals surface area contributed by atoms with Gasteiger partial charge in [0.1, 0.15) is 16.5 Å². The van der Waals surface area contributed by atoms with Gasteiger partial charge in [-0.3, -0.25) is 4.79 Å². The van der Waals surface area contributed by atoms with Gasteiger partial charge in [-0.15, -0.1) is 0 Å². The normalized spacial score (nSPS) is 10.2. The third-order valence-electron chi connectivity index (χ3n) is 2.72. The van der Waals surface area contributed by atoms with E-state index in [0.29, 0.717) is 34.3 Å². The van der Waals surface area contributed by atoms with Gasteiger partial charge in [-0.05, 0) is 31.2 Å². The second-order valence-corrected chi connectivity index (χ2v) is 5.05. The Balaban J connectivity index is 2.41. The highest BCUT2D eigenvalue weighted by Crippen LogP contribution is 2.36. The van der Waals surface area contributed by atoms with Gasteiger partial charge in [0.15, 0.2) is 0 Å². The third-order valence-corrected chi connectivity index (χ3v) is 3.53. The van der Waals surface area contributed by atoms with Crippen LogP contribution >= 0.6 is 23.2 Å².